The maximum absolute atomic E-state index is 2.74. The average Bonchev–Trinajstić information content (AvgIpc) is 0.830. The number of fused-ring (bicyclic) bond motifs is 11. The quantitative estimate of drug-likeness (QED) is 0.113. The van der Waals surface area contributed by atoms with Gasteiger partial charge in [-0.05, 0) is 183 Å². The molecule has 0 atom stereocenters. The van der Waals surface area contributed by atoms with Gasteiger partial charge in [0.05, 0.1) is 27.8 Å². The molecule has 3 heterocycles. The van der Waals surface area contributed by atoms with Gasteiger partial charge < -0.3 is 14.4 Å². The molecule has 1 aromatic heterocycles. The van der Waals surface area contributed by atoms with E-state index in [-0.39, 0.29) is 12.1 Å². The molecule has 0 N–H and O–H groups in total. The van der Waals surface area contributed by atoms with Crippen LogP contribution in [0.25, 0.3) is 117 Å². The van der Waals surface area contributed by atoms with Crippen molar-refractivity contribution in [2.45, 2.75) is 31.6 Å². The Balaban J connectivity index is 0.923. The Morgan fingerprint density at radius 3 is 1.16 bits per heavy atom. The maximum Gasteiger partial charge on any atom is 0.252 e. The zero-order valence-corrected chi connectivity index (χ0v) is 62.1. The second kappa shape index (κ2) is 26.3. The first-order chi connectivity index (χ1) is 54.7. The van der Waals surface area contributed by atoms with Crippen molar-refractivity contribution >= 4 is 79.0 Å². The molecule has 0 radical (unpaired) electrons. The van der Waals surface area contributed by atoms with E-state index in [1.165, 1.54) is 71.7 Å². The van der Waals surface area contributed by atoms with E-state index in [1.54, 1.807) is 0 Å². The fourth-order valence-electron chi connectivity index (χ4n) is 18.8. The molecule has 3 nitrogen and oxygen atoms in total. The van der Waals surface area contributed by atoms with Crippen molar-refractivity contribution < 1.29 is 0 Å². The first-order valence-electron chi connectivity index (χ1n) is 38.8. The first kappa shape index (κ1) is 65.5. The Morgan fingerprint density at radius 1 is 0.270 bits per heavy atom. The van der Waals surface area contributed by atoms with Crippen LogP contribution in [0.15, 0.2) is 406 Å². The Labute approximate surface area is 649 Å². The van der Waals surface area contributed by atoms with Gasteiger partial charge in [-0.1, -0.05) is 360 Å². The number of hydrogen-bond donors (Lipinski definition) is 0. The van der Waals surface area contributed by atoms with Gasteiger partial charge in [-0.25, -0.2) is 0 Å². The third-order valence-corrected chi connectivity index (χ3v) is 23.8. The minimum absolute atomic E-state index is 0.274. The average molecular weight is 1410 g/mol. The molecule has 0 fully saturated rings. The Bertz CT molecular complexity index is 6470. The highest BCUT2D eigenvalue weighted by Gasteiger charge is 2.50. The Hall–Kier alpha value is -13.8. The van der Waals surface area contributed by atoms with Crippen molar-refractivity contribution in [1.29, 1.82) is 0 Å². The van der Waals surface area contributed by atoms with Gasteiger partial charge in [0.2, 0.25) is 0 Å². The minimum atomic E-state index is -0.649. The van der Waals surface area contributed by atoms with Crippen molar-refractivity contribution in [3.8, 4) is 94.7 Å². The van der Waals surface area contributed by atoms with Crippen LogP contribution in [0.1, 0.15) is 48.6 Å². The molecule has 0 spiro atoms. The largest absolute Gasteiger partial charge is 0.310 e. The molecule has 3 aliphatic rings. The van der Waals surface area contributed by atoms with Crippen molar-refractivity contribution in [2.75, 3.05) is 9.80 Å². The maximum atomic E-state index is 2.74. The predicted molar refractivity (Wildman–Crippen MR) is 469 cm³/mol. The van der Waals surface area contributed by atoms with Crippen LogP contribution in [0.2, 0.25) is 0 Å². The van der Waals surface area contributed by atoms with Gasteiger partial charge in [0.15, 0.2) is 0 Å². The van der Waals surface area contributed by atoms with E-state index in [0.717, 1.165) is 123 Å². The van der Waals surface area contributed by atoms with Crippen LogP contribution >= 0.6 is 0 Å². The van der Waals surface area contributed by atoms with E-state index in [9.17, 15) is 0 Å². The Morgan fingerprint density at radius 2 is 0.685 bits per heavy atom. The molecule has 0 saturated heterocycles. The number of aromatic nitrogens is 1. The monoisotopic (exact) mass is 1410 g/mol. The third-order valence-electron chi connectivity index (χ3n) is 23.8. The van der Waals surface area contributed by atoms with Gasteiger partial charge >= 0.3 is 0 Å². The lowest BCUT2D eigenvalue weighted by Gasteiger charge is -2.46. The molecule has 18 aromatic rings. The molecule has 111 heavy (non-hydrogen) atoms. The topological polar surface area (TPSA) is 11.4 Å². The highest BCUT2D eigenvalue weighted by molar-refractivity contribution is 7.00. The minimum Gasteiger partial charge on any atom is -0.310 e. The second-order valence-corrected chi connectivity index (χ2v) is 31.0. The smallest absolute Gasteiger partial charge is 0.252 e. The van der Waals surface area contributed by atoms with Gasteiger partial charge in [-0.15, -0.1) is 0 Å². The molecule has 1 aliphatic carbocycles. The van der Waals surface area contributed by atoms with E-state index in [1.807, 2.05) is 0 Å². The fourth-order valence-corrected chi connectivity index (χ4v) is 18.8. The standard InChI is InChI=1S/C107H76BN3/c1-106(2,3)83-68-99-103-100(69-83)111(105-90(76-45-23-9-24-46-76)65-80(73-39-17-6-18-40-73)66-91(105)77-47-25-10-26-48-77)98-70-84(109-95-56-34-32-54-87(95)101-97(109)62-59-86-85-53-31-33-55-92(85)107(102(86)101,81-49-27-11-28-50-81)82-51-29-12-30-52-82)58-60-93(98)108(103)94-67-78(71-35-13-4-14-36-71)57-61-96(94)110(99)104-88(74-41-19-7-20-42-74)63-79(72-37-15-5-16-38-72)64-89(104)75-43-21-8-22-44-75/h4-70H,1-3H3. The second-order valence-electron chi connectivity index (χ2n) is 31.0. The van der Waals surface area contributed by atoms with Crippen LogP contribution in [-0.2, 0) is 10.8 Å². The van der Waals surface area contributed by atoms with E-state index < -0.39 is 5.41 Å². The van der Waals surface area contributed by atoms with Crippen LogP contribution in [0, 0.1) is 0 Å². The van der Waals surface area contributed by atoms with E-state index >= 15 is 0 Å². The normalized spacial score (nSPS) is 13.0. The van der Waals surface area contributed by atoms with E-state index in [2.05, 4.69) is 442 Å². The number of anilines is 6. The molecule has 4 heteroatoms. The molecule has 0 amide bonds. The lowest BCUT2D eigenvalue weighted by molar-refractivity contribution is 0.590. The summed E-state index contributed by atoms with van der Waals surface area (Å²) in [7, 11) is 0. The van der Waals surface area contributed by atoms with Gasteiger partial charge in [0.25, 0.3) is 6.71 Å². The molecule has 522 valence electrons. The van der Waals surface area contributed by atoms with Crippen molar-refractivity contribution in [3.63, 3.8) is 0 Å². The summed E-state index contributed by atoms with van der Waals surface area (Å²) < 4.78 is 2.59. The zero-order chi connectivity index (χ0) is 73.9. The Kier molecular flexibility index (Phi) is 15.5. The van der Waals surface area contributed by atoms with Gasteiger partial charge in [0.1, 0.15) is 0 Å². The highest BCUT2D eigenvalue weighted by atomic mass is 15.2. The van der Waals surface area contributed by atoms with Crippen LogP contribution in [0.3, 0.4) is 0 Å². The highest BCUT2D eigenvalue weighted by Crippen LogP contribution is 2.61. The summed E-state index contributed by atoms with van der Waals surface area (Å²) in [5.41, 5.74) is 37.6. The van der Waals surface area contributed by atoms with Crippen LogP contribution < -0.4 is 26.2 Å². The number of para-hydroxylation sites is 1. The van der Waals surface area contributed by atoms with E-state index in [4.69, 9.17) is 0 Å². The van der Waals surface area contributed by atoms with Gasteiger partial charge in [-0.2, -0.15) is 0 Å². The van der Waals surface area contributed by atoms with Crippen molar-refractivity contribution in [1.82, 2.24) is 4.57 Å². The number of benzene rings is 17. The molecule has 17 aromatic carbocycles. The molecule has 0 unspecified atom stereocenters. The summed E-state index contributed by atoms with van der Waals surface area (Å²) in [5, 5.41) is 2.45. The lowest BCUT2D eigenvalue weighted by atomic mass is 9.33. The van der Waals surface area contributed by atoms with Gasteiger partial charge in [-0.3, -0.25) is 0 Å². The summed E-state index contributed by atoms with van der Waals surface area (Å²) in [5.74, 6) is 0. The summed E-state index contributed by atoms with van der Waals surface area (Å²) in [6.45, 7) is 6.91. The third kappa shape index (κ3) is 10.5. The summed E-state index contributed by atoms with van der Waals surface area (Å²) in [6, 6.07) is 153. The zero-order valence-electron chi connectivity index (χ0n) is 62.1. The molecular formula is C107H76BN3. The molecule has 21 rings (SSSR count). The summed E-state index contributed by atoms with van der Waals surface area (Å²) in [4.78, 5) is 5.43. The first-order valence-corrected chi connectivity index (χ1v) is 38.8. The molecule has 0 bridgehead atoms. The van der Waals surface area contributed by atoms with Crippen LogP contribution in [0.5, 0.6) is 0 Å². The molecule has 2 aliphatic heterocycles. The number of nitrogens with zero attached hydrogens (tertiary/aromatic N) is 3. The van der Waals surface area contributed by atoms with Gasteiger partial charge in [0, 0.05) is 61.5 Å². The van der Waals surface area contributed by atoms with E-state index in [0.29, 0.717) is 0 Å². The lowest BCUT2D eigenvalue weighted by Crippen LogP contribution is -2.61. The predicted octanol–water partition coefficient (Wildman–Crippen LogP) is 26.2. The van der Waals surface area contributed by atoms with Crippen molar-refractivity contribution in [3.05, 3.63) is 434 Å². The number of hydrogen-bond acceptors (Lipinski definition) is 2. The van der Waals surface area contributed by atoms with Crippen molar-refractivity contribution in [2.24, 2.45) is 0 Å². The summed E-state index contributed by atoms with van der Waals surface area (Å²) >= 11 is 0. The summed E-state index contributed by atoms with van der Waals surface area (Å²) in [6.07, 6.45) is 0. The number of rotatable bonds is 12. The molecular weight excluding hydrogens is 1340 g/mol. The fraction of sp³-hybridized carbons (Fsp3) is 0.0467. The van der Waals surface area contributed by atoms with Crippen LogP contribution in [-0.4, -0.2) is 11.3 Å². The molecule has 0 saturated carbocycles. The SMILES string of the molecule is CC(C)(C)c1cc2c3c(c1)N(c1c(-c4ccccc4)cc(-c4ccccc4)cc1-c1ccccc1)c1cc(-n4c5ccccc5c5c6c(ccc54)-c4ccccc4C6(c4ccccc4)c4ccccc4)ccc1B3c1cc(-c3ccccc3)ccc1N2c1c(-c2ccccc2)cc(-c2ccccc2)cc1-c1ccccc1. The van der Waals surface area contributed by atoms with Crippen LogP contribution in [0.4, 0.5) is 34.1 Å².